The summed E-state index contributed by atoms with van der Waals surface area (Å²) in [7, 11) is -3.11. The van der Waals surface area contributed by atoms with Crippen LogP contribution in [0.25, 0.3) is 0 Å². The predicted octanol–water partition coefficient (Wildman–Crippen LogP) is 1.46. The Balaban J connectivity index is 2.49. The van der Waals surface area contributed by atoms with Gasteiger partial charge in [-0.15, -0.1) is 0 Å². The fourth-order valence-electron chi connectivity index (χ4n) is 1.30. The Labute approximate surface area is 107 Å². The van der Waals surface area contributed by atoms with Crippen LogP contribution in [0, 0.1) is 0 Å². The van der Waals surface area contributed by atoms with Crippen molar-refractivity contribution in [2.45, 2.75) is 13.3 Å². The first-order valence-corrected chi connectivity index (χ1v) is 7.67. The Morgan fingerprint density at radius 2 is 1.89 bits per heavy atom. The molecule has 0 aliphatic heterocycles. The molecule has 5 nitrogen and oxygen atoms in total. The molecule has 0 saturated heterocycles. The third-order valence-electron chi connectivity index (χ3n) is 2.15. The van der Waals surface area contributed by atoms with Gasteiger partial charge in [0.25, 0.3) is 0 Å². The van der Waals surface area contributed by atoms with Crippen molar-refractivity contribution in [1.82, 2.24) is 0 Å². The molecule has 0 radical (unpaired) electrons. The molecule has 1 amide bonds. The first-order valence-electron chi connectivity index (χ1n) is 5.61. The zero-order chi connectivity index (χ0) is 13.6. The summed E-state index contributed by atoms with van der Waals surface area (Å²) >= 11 is 0. The van der Waals surface area contributed by atoms with Gasteiger partial charge in [0.05, 0.1) is 12.4 Å². The fourth-order valence-corrected chi connectivity index (χ4v) is 1.86. The highest BCUT2D eigenvalue weighted by Crippen LogP contribution is 2.15. The zero-order valence-electron chi connectivity index (χ0n) is 10.5. The molecule has 0 aliphatic rings. The first-order chi connectivity index (χ1) is 8.40. The summed E-state index contributed by atoms with van der Waals surface area (Å²) < 4.78 is 27.1. The third kappa shape index (κ3) is 5.67. The number of benzene rings is 1. The van der Waals surface area contributed by atoms with Gasteiger partial charge in [-0.3, -0.25) is 4.79 Å². The van der Waals surface area contributed by atoms with Gasteiger partial charge >= 0.3 is 0 Å². The number of ether oxygens (including phenoxy) is 1. The molecule has 1 rings (SSSR count). The van der Waals surface area contributed by atoms with Gasteiger partial charge in [0.15, 0.2) is 0 Å². The van der Waals surface area contributed by atoms with Gasteiger partial charge in [0.1, 0.15) is 15.6 Å². The second-order valence-corrected chi connectivity index (χ2v) is 6.15. The van der Waals surface area contributed by atoms with E-state index in [0.29, 0.717) is 12.3 Å². The largest absolute Gasteiger partial charge is 0.494 e. The lowest BCUT2D eigenvalue weighted by molar-refractivity contribution is -0.115. The average molecular weight is 271 g/mol. The van der Waals surface area contributed by atoms with Crippen LogP contribution in [-0.2, 0) is 14.6 Å². The Morgan fingerprint density at radius 3 is 2.39 bits per heavy atom. The van der Waals surface area contributed by atoms with E-state index in [9.17, 15) is 13.2 Å². The van der Waals surface area contributed by atoms with E-state index in [4.69, 9.17) is 4.74 Å². The van der Waals surface area contributed by atoms with Gasteiger partial charge in [-0.1, -0.05) is 0 Å². The Kier molecular flexibility index (Phi) is 5.15. The molecule has 1 aromatic rings. The normalized spacial score (nSPS) is 11.0. The summed E-state index contributed by atoms with van der Waals surface area (Å²) in [6.07, 6.45) is 1.07. The Morgan fingerprint density at radius 1 is 1.28 bits per heavy atom. The van der Waals surface area contributed by atoms with Crippen LogP contribution < -0.4 is 10.1 Å². The minimum Gasteiger partial charge on any atom is -0.494 e. The zero-order valence-corrected chi connectivity index (χ0v) is 11.3. The third-order valence-corrected chi connectivity index (χ3v) is 3.09. The fraction of sp³-hybridized carbons (Fsp3) is 0.417. The van der Waals surface area contributed by atoms with Crippen LogP contribution in [-0.4, -0.2) is 32.9 Å². The number of carbonyl (C=O) groups excluding carboxylic acids is 1. The SMILES string of the molecule is CCOc1ccc(NC(=O)CCS(C)(=O)=O)cc1. The van der Waals surface area contributed by atoms with Crippen LogP contribution >= 0.6 is 0 Å². The molecule has 100 valence electrons. The molecule has 6 heteroatoms. The number of hydrogen-bond donors (Lipinski definition) is 1. The van der Waals surface area contributed by atoms with Crippen molar-refractivity contribution >= 4 is 21.4 Å². The van der Waals surface area contributed by atoms with Crippen molar-refractivity contribution in [2.24, 2.45) is 0 Å². The number of rotatable bonds is 6. The van der Waals surface area contributed by atoms with Crippen molar-refractivity contribution in [1.29, 1.82) is 0 Å². The maximum absolute atomic E-state index is 11.5. The Bertz CT molecular complexity index is 493. The van der Waals surface area contributed by atoms with Crippen LogP contribution in [0.4, 0.5) is 5.69 Å². The van der Waals surface area contributed by atoms with Crippen molar-refractivity contribution in [3.05, 3.63) is 24.3 Å². The van der Waals surface area contributed by atoms with E-state index < -0.39 is 9.84 Å². The molecule has 18 heavy (non-hydrogen) atoms. The van der Waals surface area contributed by atoms with Crippen LogP contribution in [0.3, 0.4) is 0 Å². The Hall–Kier alpha value is -1.56. The molecule has 1 aromatic carbocycles. The number of carbonyl (C=O) groups is 1. The van der Waals surface area contributed by atoms with Crippen LogP contribution in [0.15, 0.2) is 24.3 Å². The van der Waals surface area contributed by atoms with E-state index in [0.717, 1.165) is 12.0 Å². The molecule has 0 spiro atoms. The van der Waals surface area contributed by atoms with Crippen LogP contribution in [0.2, 0.25) is 0 Å². The highest BCUT2D eigenvalue weighted by molar-refractivity contribution is 7.90. The summed E-state index contributed by atoms with van der Waals surface area (Å²) in [5.74, 6) is 0.270. The number of amides is 1. The van der Waals surface area contributed by atoms with Gasteiger partial charge in [-0.25, -0.2) is 8.42 Å². The predicted molar refractivity (Wildman–Crippen MR) is 70.6 cm³/mol. The quantitative estimate of drug-likeness (QED) is 0.850. The molecular formula is C12H17NO4S. The van der Waals surface area contributed by atoms with E-state index in [2.05, 4.69) is 5.32 Å². The lowest BCUT2D eigenvalue weighted by atomic mass is 10.3. The lowest BCUT2D eigenvalue weighted by Gasteiger charge is -2.06. The van der Waals surface area contributed by atoms with Crippen LogP contribution in [0.1, 0.15) is 13.3 Å². The minimum absolute atomic E-state index is 0.0357. The van der Waals surface area contributed by atoms with Gasteiger partial charge in [0.2, 0.25) is 5.91 Å². The summed E-state index contributed by atoms with van der Waals surface area (Å²) in [5, 5.41) is 2.62. The molecule has 0 unspecified atom stereocenters. The number of sulfone groups is 1. The summed E-state index contributed by atoms with van der Waals surface area (Å²) in [6, 6.07) is 6.91. The van der Waals surface area contributed by atoms with E-state index in [1.807, 2.05) is 6.92 Å². The number of anilines is 1. The molecule has 0 bridgehead atoms. The lowest BCUT2D eigenvalue weighted by Crippen LogP contribution is -2.16. The van der Waals surface area contributed by atoms with Gasteiger partial charge in [-0.2, -0.15) is 0 Å². The van der Waals surface area contributed by atoms with E-state index in [1.165, 1.54) is 0 Å². The van der Waals surface area contributed by atoms with Crippen molar-refractivity contribution in [3.63, 3.8) is 0 Å². The molecule has 1 N–H and O–H groups in total. The van der Waals surface area contributed by atoms with Crippen molar-refractivity contribution < 1.29 is 17.9 Å². The van der Waals surface area contributed by atoms with Crippen LogP contribution in [0.5, 0.6) is 5.75 Å². The minimum atomic E-state index is -3.11. The summed E-state index contributed by atoms with van der Waals surface area (Å²) in [6.45, 7) is 2.47. The highest BCUT2D eigenvalue weighted by Gasteiger charge is 2.08. The topological polar surface area (TPSA) is 72.5 Å². The van der Waals surface area contributed by atoms with E-state index in [1.54, 1.807) is 24.3 Å². The van der Waals surface area contributed by atoms with E-state index in [-0.39, 0.29) is 18.1 Å². The summed E-state index contributed by atoms with van der Waals surface area (Å²) in [4.78, 5) is 11.5. The second-order valence-electron chi connectivity index (χ2n) is 3.89. The van der Waals surface area contributed by atoms with Crippen molar-refractivity contribution in [3.8, 4) is 5.75 Å². The molecule has 0 aliphatic carbocycles. The number of hydrogen-bond acceptors (Lipinski definition) is 4. The smallest absolute Gasteiger partial charge is 0.225 e. The molecule has 0 fully saturated rings. The van der Waals surface area contributed by atoms with Gasteiger partial charge < -0.3 is 10.1 Å². The number of nitrogens with one attached hydrogen (secondary N) is 1. The monoisotopic (exact) mass is 271 g/mol. The summed E-state index contributed by atoms with van der Waals surface area (Å²) in [5.41, 5.74) is 0.622. The van der Waals surface area contributed by atoms with Gasteiger partial charge in [-0.05, 0) is 31.2 Å². The van der Waals surface area contributed by atoms with Crippen molar-refractivity contribution in [2.75, 3.05) is 23.9 Å². The highest BCUT2D eigenvalue weighted by atomic mass is 32.2. The molecule has 0 saturated carbocycles. The maximum Gasteiger partial charge on any atom is 0.225 e. The first kappa shape index (κ1) is 14.5. The average Bonchev–Trinajstić information content (AvgIpc) is 2.29. The maximum atomic E-state index is 11.5. The standard InChI is InChI=1S/C12H17NO4S/c1-3-17-11-6-4-10(5-7-11)13-12(14)8-9-18(2,15)16/h4-7H,3,8-9H2,1-2H3,(H,13,14). The van der Waals surface area contributed by atoms with Gasteiger partial charge in [0, 0.05) is 18.4 Å². The second kappa shape index (κ2) is 6.39. The molecule has 0 heterocycles. The van der Waals surface area contributed by atoms with E-state index >= 15 is 0 Å². The molecule has 0 aromatic heterocycles. The molecular weight excluding hydrogens is 254 g/mol. The molecule has 0 atom stereocenters.